The fourth-order valence-electron chi connectivity index (χ4n) is 2.68. The van der Waals surface area contributed by atoms with Crippen LogP contribution in [0.5, 0.6) is 0 Å². The molecule has 0 aliphatic rings. The highest BCUT2D eigenvalue weighted by atomic mass is 35.5. The molecule has 0 saturated heterocycles. The molecule has 0 heterocycles. The van der Waals surface area contributed by atoms with Gasteiger partial charge in [0.2, 0.25) is 0 Å². The first kappa shape index (κ1) is 16.1. The third kappa shape index (κ3) is 3.30. The Bertz CT molecular complexity index is 653. The summed E-state index contributed by atoms with van der Waals surface area (Å²) in [6.07, 6.45) is -0.628. The number of aliphatic hydroxyl groups is 1. The minimum Gasteiger partial charge on any atom is -0.384 e. The van der Waals surface area contributed by atoms with Gasteiger partial charge < -0.3 is 5.11 Å². The normalized spacial score (nSPS) is 13.3. The zero-order chi connectivity index (χ0) is 15.8. The van der Waals surface area contributed by atoms with Crippen molar-refractivity contribution in [1.82, 2.24) is 0 Å². The Labute approximate surface area is 132 Å². The molecule has 1 atom stereocenters. The summed E-state index contributed by atoms with van der Waals surface area (Å²) in [4.78, 5) is 0. The lowest BCUT2D eigenvalue weighted by Crippen LogP contribution is -2.17. The number of aryl methyl sites for hydroxylation is 2. The standard InChI is InChI=1S/C19H23ClO/c1-12-11-17(20)13(2)10-15(12)18(21)14-8-6-7-9-16(14)19(3,4)5/h6-11,18,21H,1-5H3. The molecule has 1 unspecified atom stereocenters. The van der Waals surface area contributed by atoms with Gasteiger partial charge in [-0.1, -0.05) is 62.7 Å². The van der Waals surface area contributed by atoms with Crippen LogP contribution in [0.1, 0.15) is 54.7 Å². The topological polar surface area (TPSA) is 20.2 Å². The van der Waals surface area contributed by atoms with Crippen LogP contribution in [0.4, 0.5) is 0 Å². The molecular formula is C19H23ClO. The lowest BCUT2D eigenvalue weighted by molar-refractivity contribution is 0.216. The maximum atomic E-state index is 10.9. The van der Waals surface area contributed by atoms with Crippen molar-refractivity contribution >= 4 is 11.6 Å². The van der Waals surface area contributed by atoms with E-state index >= 15 is 0 Å². The molecule has 0 bridgehead atoms. The zero-order valence-corrected chi connectivity index (χ0v) is 14.1. The van der Waals surface area contributed by atoms with Gasteiger partial charge in [-0.3, -0.25) is 0 Å². The zero-order valence-electron chi connectivity index (χ0n) is 13.4. The third-order valence-corrected chi connectivity index (χ3v) is 4.31. The molecule has 0 radical (unpaired) electrons. The van der Waals surface area contributed by atoms with Gasteiger partial charge in [-0.2, -0.15) is 0 Å². The van der Waals surface area contributed by atoms with Gasteiger partial charge in [0.25, 0.3) is 0 Å². The number of halogens is 1. The van der Waals surface area contributed by atoms with Gasteiger partial charge in [-0.15, -0.1) is 0 Å². The molecule has 0 aliphatic carbocycles. The fraction of sp³-hybridized carbons (Fsp3) is 0.368. The van der Waals surface area contributed by atoms with Gasteiger partial charge >= 0.3 is 0 Å². The van der Waals surface area contributed by atoms with E-state index in [1.54, 1.807) is 0 Å². The first-order chi connectivity index (χ1) is 9.71. The summed E-state index contributed by atoms with van der Waals surface area (Å²) in [7, 11) is 0. The molecule has 2 aromatic rings. The highest BCUT2D eigenvalue weighted by molar-refractivity contribution is 6.31. The predicted octanol–water partition coefficient (Wildman–Crippen LogP) is 5.34. The van der Waals surface area contributed by atoms with Gasteiger partial charge in [0, 0.05) is 5.02 Å². The lowest BCUT2D eigenvalue weighted by Gasteiger charge is -2.26. The minimum atomic E-state index is -0.628. The highest BCUT2D eigenvalue weighted by Gasteiger charge is 2.23. The number of rotatable bonds is 2. The molecule has 0 fully saturated rings. The number of aliphatic hydroxyl groups excluding tert-OH is 1. The minimum absolute atomic E-state index is 0.00700. The Hall–Kier alpha value is -1.31. The second-order valence-corrected chi connectivity index (χ2v) is 7.10. The Balaban J connectivity index is 2.56. The van der Waals surface area contributed by atoms with Crippen molar-refractivity contribution in [1.29, 1.82) is 0 Å². The van der Waals surface area contributed by atoms with Crippen LogP contribution in [-0.2, 0) is 5.41 Å². The summed E-state index contributed by atoms with van der Waals surface area (Å²) in [5.41, 5.74) is 5.06. The SMILES string of the molecule is Cc1cc(C(O)c2ccccc2C(C)(C)C)c(C)cc1Cl. The second kappa shape index (κ2) is 5.82. The van der Waals surface area contributed by atoms with E-state index in [2.05, 4.69) is 26.8 Å². The van der Waals surface area contributed by atoms with Crippen LogP contribution in [0.15, 0.2) is 36.4 Å². The Morgan fingerprint density at radius 1 is 0.952 bits per heavy atom. The third-order valence-electron chi connectivity index (χ3n) is 3.91. The Morgan fingerprint density at radius 3 is 2.19 bits per heavy atom. The summed E-state index contributed by atoms with van der Waals surface area (Å²) in [6.45, 7) is 10.5. The number of hydrogen-bond donors (Lipinski definition) is 1. The van der Waals surface area contributed by atoms with E-state index < -0.39 is 6.10 Å². The molecular weight excluding hydrogens is 280 g/mol. The van der Waals surface area contributed by atoms with E-state index in [1.165, 1.54) is 5.56 Å². The highest BCUT2D eigenvalue weighted by Crippen LogP contribution is 2.35. The second-order valence-electron chi connectivity index (χ2n) is 6.70. The van der Waals surface area contributed by atoms with E-state index in [4.69, 9.17) is 11.6 Å². The molecule has 0 saturated carbocycles. The Kier molecular flexibility index (Phi) is 4.46. The molecule has 2 heteroatoms. The maximum absolute atomic E-state index is 10.9. The summed E-state index contributed by atoms with van der Waals surface area (Å²) in [5.74, 6) is 0. The van der Waals surface area contributed by atoms with Crippen LogP contribution in [-0.4, -0.2) is 5.11 Å². The van der Waals surface area contributed by atoms with Crippen LogP contribution in [0.3, 0.4) is 0 Å². The Morgan fingerprint density at radius 2 is 1.57 bits per heavy atom. The molecule has 0 spiro atoms. The molecule has 0 aromatic heterocycles. The quantitative estimate of drug-likeness (QED) is 0.794. The van der Waals surface area contributed by atoms with E-state index in [0.29, 0.717) is 0 Å². The molecule has 21 heavy (non-hydrogen) atoms. The first-order valence-corrected chi connectivity index (χ1v) is 7.63. The van der Waals surface area contributed by atoms with Crippen molar-refractivity contribution in [3.05, 3.63) is 69.2 Å². The molecule has 0 aliphatic heterocycles. The van der Waals surface area contributed by atoms with Crippen molar-refractivity contribution in [2.24, 2.45) is 0 Å². The number of hydrogen-bond acceptors (Lipinski definition) is 1. The van der Waals surface area contributed by atoms with Crippen molar-refractivity contribution in [2.45, 2.75) is 46.1 Å². The van der Waals surface area contributed by atoms with Gasteiger partial charge in [0.05, 0.1) is 0 Å². The van der Waals surface area contributed by atoms with Crippen LogP contribution in [0.2, 0.25) is 5.02 Å². The van der Waals surface area contributed by atoms with Crippen LogP contribution < -0.4 is 0 Å². The molecule has 2 rings (SSSR count). The van der Waals surface area contributed by atoms with Crippen LogP contribution in [0.25, 0.3) is 0 Å². The maximum Gasteiger partial charge on any atom is 0.105 e. The average molecular weight is 303 g/mol. The molecule has 1 nitrogen and oxygen atoms in total. The summed E-state index contributed by atoms with van der Waals surface area (Å²) in [5, 5.41) is 11.6. The van der Waals surface area contributed by atoms with E-state index in [1.807, 2.05) is 44.2 Å². The van der Waals surface area contributed by atoms with E-state index in [0.717, 1.165) is 27.3 Å². The monoisotopic (exact) mass is 302 g/mol. The summed E-state index contributed by atoms with van der Waals surface area (Å²) in [6, 6.07) is 12.0. The van der Waals surface area contributed by atoms with Crippen molar-refractivity contribution in [3.63, 3.8) is 0 Å². The molecule has 1 N–H and O–H groups in total. The molecule has 2 aromatic carbocycles. The largest absolute Gasteiger partial charge is 0.384 e. The van der Waals surface area contributed by atoms with E-state index in [9.17, 15) is 5.11 Å². The number of benzene rings is 2. The summed E-state index contributed by atoms with van der Waals surface area (Å²) < 4.78 is 0. The predicted molar refractivity (Wildman–Crippen MR) is 90.1 cm³/mol. The van der Waals surface area contributed by atoms with E-state index in [-0.39, 0.29) is 5.41 Å². The molecule has 112 valence electrons. The van der Waals surface area contributed by atoms with Gasteiger partial charge in [-0.25, -0.2) is 0 Å². The van der Waals surface area contributed by atoms with Gasteiger partial charge in [0.1, 0.15) is 6.10 Å². The smallest absolute Gasteiger partial charge is 0.105 e. The lowest BCUT2D eigenvalue weighted by atomic mass is 9.81. The van der Waals surface area contributed by atoms with Crippen molar-refractivity contribution < 1.29 is 5.11 Å². The van der Waals surface area contributed by atoms with Crippen molar-refractivity contribution in [2.75, 3.05) is 0 Å². The molecule has 0 amide bonds. The van der Waals surface area contributed by atoms with Crippen LogP contribution >= 0.6 is 11.6 Å². The summed E-state index contributed by atoms with van der Waals surface area (Å²) >= 11 is 6.16. The average Bonchev–Trinajstić information content (AvgIpc) is 2.41. The first-order valence-electron chi connectivity index (χ1n) is 7.26. The van der Waals surface area contributed by atoms with Gasteiger partial charge in [-0.05, 0) is 53.1 Å². The fourth-order valence-corrected chi connectivity index (χ4v) is 2.90. The van der Waals surface area contributed by atoms with Gasteiger partial charge in [0.15, 0.2) is 0 Å². The van der Waals surface area contributed by atoms with Crippen LogP contribution in [0, 0.1) is 13.8 Å². The van der Waals surface area contributed by atoms with Crippen molar-refractivity contribution in [3.8, 4) is 0 Å².